The van der Waals surface area contributed by atoms with E-state index in [1.807, 2.05) is 6.07 Å². The summed E-state index contributed by atoms with van der Waals surface area (Å²) in [4.78, 5) is 4.07. The van der Waals surface area contributed by atoms with Crippen LogP contribution in [0.4, 0.5) is 0 Å². The molecule has 0 fully saturated rings. The van der Waals surface area contributed by atoms with E-state index in [4.69, 9.17) is 10.7 Å². The van der Waals surface area contributed by atoms with Crippen LogP contribution in [0.2, 0.25) is 0 Å². The van der Waals surface area contributed by atoms with Crippen LogP contribution in [0, 0.1) is 0 Å². The van der Waals surface area contributed by atoms with Crippen molar-refractivity contribution in [2.45, 2.75) is 24.7 Å². The molecule has 1 aromatic heterocycles. The van der Waals surface area contributed by atoms with Gasteiger partial charge in [-0.3, -0.25) is 4.98 Å². The predicted octanol–water partition coefficient (Wildman–Crippen LogP) is 3.80. The van der Waals surface area contributed by atoms with Crippen LogP contribution in [-0.4, -0.2) is 13.4 Å². The normalized spacial score (nSPS) is 11.8. The quantitative estimate of drug-likeness (QED) is 0.809. The molecule has 0 aliphatic carbocycles. The van der Waals surface area contributed by atoms with Gasteiger partial charge in [0, 0.05) is 28.6 Å². The zero-order chi connectivity index (χ0) is 14.0. The average molecular weight is 296 g/mol. The van der Waals surface area contributed by atoms with Crippen LogP contribution in [0.5, 0.6) is 0 Å². The molecule has 3 nitrogen and oxygen atoms in total. The highest BCUT2D eigenvalue weighted by atomic mass is 35.7. The van der Waals surface area contributed by atoms with Gasteiger partial charge in [0.2, 0.25) is 0 Å². The molecule has 100 valence electrons. The van der Waals surface area contributed by atoms with Crippen molar-refractivity contribution in [1.82, 2.24) is 4.98 Å². The van der Waals surface area contributed by atoms with Crippen molar-refractivity contribution in [3.8, 4) is 11.1 Å². The third kappa shape index (κ3) is 3.14. The SMILES string of the molecule is CC(C)c1ccc(S(=O)(=O)Cl)c(-c2ccncc2)c1. The lowest BCUT2D eigenvalue weighted by Crippen LogP contribution is -1.97. The fraction of sp³-hybridized carbons (Fsp3) is 0.214. The smallest absolute Gasteiger partial charge is 0.261 e. The average Bonchev–Trinajstić information content (AvgIpc) is 2.38. The molecule has 0 saturated carbocycles. The van der Waals surface area contributed by atoms with Crippen molar-refractivity contribution < 1.29 is 8.42 Å². The highest BCUT2D eigenvalue weighted by molar-refractivity contribution is 8.13. The third-order valence-electron chi connectivity index (χ3n) is 2.92. The number of aromatic nitrogens is 1. The Balaban J connectivity index is 2.71. The molecule has 0 amide bonds. The first kappa shape index (κ1) is 14.0. The summed E-state index contributed by atoms with van der Waals surface area (Å²) in [6, 6.07) is 8.77. The first-order valence-electron chi connectivity index (χ1n) is 5.88. The molecule has 5 heteroatoms. The highest BCUT2D eigenvalue weighted by Gasteiger charge is 2.17. The molecule has 1 aromatic carbocycles. The first-order valence-corrected chi connectivity index (χ1v) is 8.19. The number of halogens is 1. The monoisotopic (exact) mass is 295 g/mol. The molecule has 1 heterocycles. The van der Waals surface area contributed by atoms with Crippen LogP contribution in [0.25, 0.3) is 11.1 Å². The Morgan fingerprint density at radius 2 is 1.74 bits per heavy atom. The van der Waals surface area contributed by atoms with Crippen molar-refractivity contribution in [3.05, 3.63) is 48.3 Å². The number of benzene rings is 1. The number of hydrogen-bond donors (Lipinski definition) is 0. The number of nitrogens with zero attached hydrogens (tertiary/aromatic N) is 1. The predicted molar refractivity (Wildman–Crippen MR) is 76.8 cm³/mol. The van der Waals surface area contributed by atoms with Gasteiger partial charge in [0.25, 0.3) is 9.05 Å². The Hall–Kier alpha value is -1.39. The molecule has 2 aromatic rings. The van der Waals surface area contributed by atoms with Crippen LogP contribution in [0.3, 0.4) is 0 Å². The molecule has 0 bridgehead atoms. The van der Waals surface area contributed by atoms with Crippen molar-refractivity contribution in [2.75, 3.05) is 0 Å². The summed E-state index contributed by atoms with van der Waals surface area (Å²) in [5, 5.41) is 0. The van der Waals surface area contributed by atoms with E-state index < -0.39 is 9.05 Å². The number of hydrogen-bond acceptors (Lipinski definition) is 3. The Morgan fingerprint density at radius 3 is 2.26 bits per heavy atom. The Morgan fingerprint density at radius 1 is 1.11 bits per heavy atom. The van der Waals surface area contributed by atoms with Gasteiger partial charge in [-0.2, -0.15) is 0 Å². The lowest BCUT2D eigenvalue weighted by Gasteiger charge is -2.12. The summed E-state index contributed by atoms with van der Waals surface area (Å²) in [7, 11) is 1.73. The van der Waals surface area contributed by atoms with Crippen molar-refractivity contribution >= 4 is 19.7 Å². The molecule has 0 atom stereocenters. The van der Waals surface area contributed by atoms with E-state index in [9.17, 15) is 8.42 Å². The van der Waals surface area contributed by atoms with Crippen LogP contribution >= 0.6 is 10.7 Å². The fourth-order valence-corrected chi connectivity index (χ4v) is 2.95. The Labute approximate surface area is 117 Å². The number of rotatable bonds is 3. The molecule has 2 rings (SSSR count). The van der Waals surface area contributed by atoms with Crippen molar-refractivity contribution in [1.29, 1.82) is 0 Å². The molecule has 0 N–H and O–H groups in total. The van der Waals surface area contributed by atoms with Gasteiger partial charge < -0.3 is 0 Å². The van der Waals surface area contributed by atoms with E-state index in [0.717, 1.165) is 11.1 Å². The van der Waals surface area contributed by atoms with Gasteiger partial charge in [0.15, 0.2) is 0 Å². The van der Waals surface area contributed by atoms with Crippen LogP contribution in [0.15, 0.2) is 47.6 Å². The van der Waals surface area contributed by atoms with Gasteiger partial charge in [-0.15, -0.1) is 0 Å². The van der Waals surface area contributed by atoms with Gasteiger partial charge in [0.05, 0.1) is 4.90 Å². The van der Waals surface area contributed by atoms with E-state index in [-0.39, 0.29) is 4.90 Å². The third-order valence-corrected chi connectivity index (χ3v) is 4.30. The minimum atomic E-state index is -3.77. The van der Waals surface area contributed by atoms with Gasteiger partial charge in [-0.05, 0) is 41.3 Å². The fourth-order valence-electron chi connectivity index (χ4n) is 1.88. The molecular weight excluding hydrogens is 282 g/mol. The molecule has 0 radical (unpaired) electrons. The van der Waals surface area contributed by atoms with Gasteiger partial charge in [-0.25, -0.2) is 8.42 Å². The molecule has 0 aliphatic rings. The Bertz CT molecular complexity index is 682. The maximum atomic E-state index is 11.7. The van der Waals surface area contributed by atoms with E-state index in [0.29, 0.717) is 11.5 Å². The molecular formula is C14H14ClNO2S. The molecule has 0 spiro atoms. The van der Waals surface area contributed by atoms with E-state index in [2.05, 4.69) is 18.8 Å². The second kappa shape index (κ2) is 5.31. The molecule has 0 aliphatic heterocycles. The summed E-state index contributed by atoms with van der Waals surface area (Å²) in [6.07, 6.45) is 3.25. The molecule has 0 unspecified atom stereocenters. The largest absolute Gasteiger partial charge is 0.265 e. The molecule has 0 saturated heterocycles. The zero-order valence-corrected chi connectivity index (χ0v) is 12.2. The standard InChI is InChI=1S/C14H14ClNO2S/c1-10(2)12-3-4-14(19(15,17)18)13(9-12)11-5-7-16-8-6-11/h3-10H,1-2H3. The van der Waals surface area contributed by atoms with E-state index in [1.165, 1.54) is 0 Å². The maximum absolute atomic E-state index is 11.7. The van der Waals surface area contributed by atoms with Crippen LogP contribution in [0.1, 0.15) is 25.3 Å². The van der Waals surface area contributed by atoms with E-state index >= 15 is 0 Å². The lowest BCUT2D eigenvalue weighted by molar-refractivity contribution is 0.610. The van der Waals surface area contributed by atoms with Crippen molar-refractivity contribution in [2.24, 2.45) is 0 Å². The topological polar surface area (TPSA) is 47.0 Å². The second-order valence-electron chi connectivity index (χ2n) is 4.58. The number of pyridine rings is 1. The summed E-state index contributed by atoms with van der Waals surface area (Å²) >= 11 is 0. The van der Waals surface area contributed by atoms with E-state index in [1.54, 1.807) is 36.7 Å². The first-order chi connectivity index (χ1) is 8.89. The summed E-state index contributed by atoms with van der Waals surface area (Å²) in [6.45, 7) is 4.11. The van der Waals surface area contributed by atoms with Crippen molar-refractivity contribution in [3.63, 3.8) is 0 Å². The Kier molecular flexibility index (Phi) is 3.92. The maximum Gasteiger partial charge on any atom is 0.261 e. The van der Waals surface area contributed by atoms with Gasteiger partial charge >= 0.3 is 0 Å². The lowest BCUT2D eigenvalue weighted by atomic mass is 9.98. The summed E-state index contributed by atoms with van der Waals surface area (Å²) < 4.78 is 23.3. The zero-order valence-electron chi connectivity index (χ0n) is 10.7. The minimum absolute atomic E-state index is 0.129. The van der Waals surface area contributed by atoms with Crippen LogP contribution in [-0.2, 0) is 9.05 Å². The summed E-state index contributed by atoms with van der Waals surface area (Å²) in [5.41, 5.74) is 2.47. The second-order valence-corrected chi connectivity index (χ2v) is 7.12. The van der Waals surface area contributed by atoms with Gasteiger partial charge in [-0.1, -0.05) is 19.9 Å². The van der Waals surface area contributed by atoms with Crippen LogP contribution < -0.4 is 0 Å². The highest BCUT2D eigenvalue weighted by Crippen LogP contribution is 2.32. The van der Waals surface area contributed by atoms with Gasteiger partial charge in [0.1, 0.15) is 0 Å². The minimum Gasteiger partial charge on any atom is -0.265 e. The molecule has 19 heavy (non-hydrogen) atoms. The summed E-state index contributed by atoms with van der Waals surface area (Å²) in [5.74, 6) is 0.313.